The van der Waals surface area contributed by atoms with Gasteiger partial charge in [-0.05, 0) is 80.0 Å². The van der Waals surface area contributed by atoms with Crippen LogP contribution in [0.1, 0.15) is 38.9 Å². The largest absolute Gasteiger partial charge is 0.0620 e. The van der Waals surface area contributed by atoms with Crippen molar-refractivity contribution in [1.82, 2.24) is 0 Å². The first-order valence-corrected chi connectivity index (χ1v) is 6.61. The van der Waals surface area contributed by atoms with Crippen molar-refractivity contribution in [3.05, 3.63) is 69.3 Å². The van der Waals surface area contributed by atoms with Crippen LogP contribution in [-0.2, 0) is 6.42 Å². The van der Waals surface area contributed by atoms with Crippen LogP contribution in [0, 0.1) is 34.6 Å². The van der Waals surface area contributed by atoms with Gasteiger partial charge >= 0.3 is 0 Å². The highest BCUT2D eigenvalue weighted by Gasteiger charge is 2.09. The Morgan fingerprint density at radius 3 is 1.83 bits per heavy atom. The van der Waals surface area contributed by atoms with Crippen LogP contribution in [0.25, 0.3) is 0 Å². The van der Waals surface area contributed by atoms with Crippen LogP contribution in [-0.4, -0.2) is 0 Å². The van der Waals surface area contributed by atoms with E-state index in [1.54, 1.807) is 0 Å². The fraction of sp³-hybridized carbons (Fsp3) is 0.333. The van der Waals surface area contributed by atoms with E-state index in [1.807, 2.05) is 0 Å². The molecule has 0 unspecified atom stereocenters. The van der Waals surface area contributed by atoms with Crippen molar-refractivity contribution in [2.24, 2.45) is 0 Å². The van der Waals surface area contributed by atoms with Crippen molar-refractivity contribution in [1.29, 1.82) is 0 Å². The van der Waals surface area contributed by atoms with Gasteiger partial charge in [0.25, 0.3) is 0 Å². The van der Waals surface area contributed by atoms with Gasteiger partial charge < -0.3 is 0 Å². The SMILES string of the molecule is Cc1ccccc1Cc1c(C)c(C)cc(C)c1C. The predicted molar refractivity (Wildman–Crippen MR) is 79.4 cm³/mol. The number of rotatable bonds is 2. The lowest BCUT2D eigenvalue weighted by Gasteiger charge is -2.16. The van der Waals surface area contributed by atoms with Gasteiger partial charge in [-0.1, -0.05) is 30.3 Å². The summed E-state index contributed by atoms with van der Waals surface area (Å²) in [5, 5.41) is 0. The van der Waals surface area contributed by atoms with E-state index in [0.717, 1.165) is 6.42 Å². The molecule has 2 rings (SSSR count). The van der Waals surface area contributed by atoms with Crippen LogP contribution in [0.2, 0.25) is 0 Å². The van der Waals surface area contributed by atoms with E-state index in [9.17, 15) is 0 Å². The maximum absolute atomic E-state index is 2.30. The topological polar surface area (TPSA) is 0 Å². The highest BCUT2D eigenvalue weighted by Crippen LogP contribution is 2.25. The summed E-state index contributed by atoms with van der Waals surface area (Å²) in [6, 6.07) is 11.0. The third-order valence-corrected chi connectivity index (χ3v) is 4.15. The van der Waals surface area contributed by atoms with Gasteiger partial charge in [0, 0.05) is 0 Å². The van der Waals surface area contributed by atoms with Gasteiger partial charge in [0.15, 0.2) is 0 Å². The summed E-state index contributed by atoms with van der Waals surface area (Å²) >= 11 is 0. The summed E-state index contributed by atoms with van der Waals surface area (Å²) in [5.41, 5.74) is 10.0. The van der Waals surface area contributed by atoms with Crippen molar-refractivity contribution >= 4 is 0 Å². The van der Waals surface area contributed by atoms with E-state index in [1.165, 1.54) is 38.9 Å². The molecule has 0 N–H and O–H groups in total. The molecule has 0 aliphatic carbocycles. The lowest BCUT2D eigenvalue weighted by molar-refractivity contribution is 1.07. The maximum atomic E-state index is 2.30. The van der Waals surface area contributed by atoms with E-state index in [4.69, 9.17) is 0 Å². The van der Waals surface area contributed by atoms with Crippen molar-refractivity contribution in [3.8, 4) is 0 Å². The molecule has 0 nitrogen and oxygen atoms in total. The van der Waals surface area contributed by atoms with Crippen LogP contribution >= 0.6 is 0 Å². The molecule has 0 saturated carbocycles. The first-order chi connectivity index (χ1) is 8.50. The van der Waals surface area contributed by atoms with E-state index in [-0.39, 0.29) is 0 Å². The fourth-order valence-electron chi connectivity index (χ4n) is 2.56. The molecule has 0 radical (unpaired) electrons. The maximum Gasteiger partial charge on any atom is -0.00177 e. The predicted octanol–water partition coefficient (Wildman–Crippen LogP) is 4.82. The Hall–Kier alpha value is -1.56. The van der Waals surface area contributed by atoms with Crippen LogP contribution in [0.4, 0.5) is 0 Å². The lowest BCUT2D eigenvalue weighted by atomic mass is 9.89. The molecule has 18 heavy (non-hydrogen) atoms. The molecule has 0 aliphatic heterocycles. The number of hydrogen-bond acceptors (Lipinski definition) is 0. The fourth-order valence-corrected chi connectivity index (χ4v) is 2.56. The van der Waals surface area contributed by atoms with E-state index >= 15 is 0 Å². The van der Waals surface area contributed by atoms with E-state index < -0.39 is 0 Å². The average Bonchev–Trinajstić information content (AvgIpc) is 2.34. The van der Waals surface area contributed by atoms with Crippen LogP contribution in [0.15, 0.2) is 30.3 Å². The summed E-state index contributed by atoms with van der Waals surface area (Å²) in [7, 11) is 0. The monoisotopic (exact) mass is 238 g/mol. The molecular formula is C18H22. The Balaban J connectivity index is 2.50. The minimum Gasteiger partial charge on any atom is -0.0620 e. The number of aryl methyl sites for hydroxylation is 3. The summed E-state index contributed by atoms with van der Waals surface area (Å²) < 4.78 is 0. The van der Waals surface area contributed by atoms with Crippen LogP contribution < -0.4 is 0 Å². The molecule has 0 atom stereocenters. The van der Waals surface area contributed by atoms with Gasteiger partial charge in [-0.2, -0.15) is 0 Å². The first-order valence-electron chi connectivity index (χ1n) is 6.61. The first kappa shape index (κ1) is 12.9. The Labute approximate surface area is 111 Å². The molecule has 94 valence electrons. The molecule has 0 fully saturated rings. The normalized spacial score (nSPS) is 10.7. The van der Waals surface area contributed by atoms with E-state index in [2.05, 4.69) is 65.0 Å². The molecule has 2 aromatic rings. The standard InChI is InChI=1S/C18H22/c1-12-8-6-7-9-17(12)11-18-15(4)13(2)10-14(3)16(18)5/h6-10H,11H2,1-5H3. The molecule has 0 spiro atoms. The van der Waals surface area contributed by atoms with Crippen LogP contribution in [0.3, 0.4) is 0 Å². The molecule has 0 bridgehead atoms. The zero-order valence-corrected chi connectivity index (χ0v) is 12.1. The second-order valence-corrected chi connectivity index (χ2v) is 5.34. The molecule has 0 heteroatoms. The second-order valence-electron chi connectivity index (χ2n) is 5.34. The number of hydrogen-bond donors (Lipinski definition) is 0. The molecule has 0 amide bonds. The van der Waals surface area contributed by atoms with Gasteiger partial charge in [0.2, 0.25) is 0 Å². The number of benzene rings is 2. The summed E-state index contributed by atoms with van der Waals surface area (Å²) in [6.45, 7) is 11.1. The summed E-state index contributed by atoms with van der Waals surface area (Å²) in [4.78, 5) is 0. The van der Waals surface area contributed by atoms with Crippen molar-refractivity contribution < 1.29 is 0 Å². The summed E-state index contributed by atoms with van der Waals surface area (Å²) in [6.07, 6.45) is 1.05. The molecular weight excluding hydrogens is 216 g/mol. The summed E-state index contributed by atoms with van der Waals surface area (Å²) in [5.74, 6) is 0. The zero-order chi connectivity index (χ0) is 13.3. The highest BCUT2D eigenvalue weighted by molar-refractivity contribution is 5.47. The minimum atomic E-state index is 1.05. The van der Waals surface area contributed by atoms with Crippen molar-refractivity contribution in [2.75, 3.05) is 0 Å². The smallest absolute Gasteiger partial charge is 0.00177 e. The molecule has 0 aliphatic rings. The van der Waals surface area contributed by atoms with Gasteiger partial charge in [-0.3, -0.25) is 0 Å². The third-order valence-electron chi connectivity index (χ3n) is 4.15. The third kappa shape index (κ3) is 2.33. The average molecular weight is 238 g/mol. The molecule has 2 aromatic carbocycles. The quantitative estimate of drug-likeness (QED) is 0.703. The Morgan fingerprint density at radius 2 is 1.28 bits per heavy atom. The van der Waals surface area contributed by atoms with Gasteiger partial charge in [-0.15, -0.1) is 0 Å². The zero-order valence-electron chi connectivity index (χ0n) is 12.1. The molecule has 0 aromatic heterocycles. The van der Waals surface area contributed by atoms with Crippen LogP contribution in [0.5, 0.6) is 0 Å². The second kappa shape index (κ2) is 4.97. The molecule has 0 saturated heterocycles. The Kier molecular flexibility index (Phi) is 3.56. The minimum absolute atomic E-state index is 1.05. The van der Waals surface area contributed by atoms with Crippen molar-refractivity contribution in [2.45, 2.75) is 41.0 Å². The highest BCUT2D eigenvalue weighted by atomic mass is 14.1. The van der Waals surface area contributed by atoms with Gasteiger partial charge in [0.05, 0.1) is 0 Å². The van der Waals surface area contributed by atoms with E-state index in [0.29, 0.717) is 0 Å². The van der Waals surface area contributed by atoms with Crippen molar-refractivity contribution in [3.63, 3.8) is 0 Å². The molecule has 0 heterocycles. The van der Waals surface area contributed by atoms with Gasteiger partial charge in [0.1, 0.15) is 0 Å². The lowest BCUT2D eigenvalue weighted by Crippen LogP contribution is -2.01. The van der Waals surface area contributed by atoms with Gasteiger partial charge in [-0.25, -0.2) is 0 Å². The Bertz CT molecular complexity index is 551. The Morgan fingerprint density at radius 1 is 0.722 bits per heavy atom.